The minimum atomic E-state index is 0.201. The highest BCUT2D eigenvalue weighted by Crippen LogP contribution is 2.18. The SMILES string of the molecule is CC1CN(CC2CNC(=O)C2)CC1N. The van der Waals surface area contributed by atoms with Gasteiger partial charge in [0.05, 0.1) is 0 Å². The first kappa shape index (κ1) is 9.93. The quantitative estimate of drug-likeness (QED) is 0.621. The van der Waals surface area contributed by atoms with Crippen LogP contribution in [0.2, 0.25) is 0 Å². The van der Waals surface area contributed by atoms with Gasteiger partial charge in [0.25, 0.3) is 0 Å². The second-order valence-corrected chi connectivity index (χ2v) is 4.73. The van der Waals surface area contributed by atoms with E-state index in [1.165, 1.54) is 0 Å². The minimum absolute atomic E-state index is 0.201. The average Bonchev–Trinajstić information content (AvgIpc) is 2.62. The van der Waals surface area contributed by atoms with Crippen molar-refractivity contribution >= 4 is 5.91 Å². The van der Waals surface area contributed by atoms with Crippen LogP contribution in [0.5, 0.6) is 0 Å². The molecule has 0 aromatic carbocycles. The number of carbonyl (C=O) groups is 1. The predicted octanol–water partition coefficient (Wildman–Crippen LogP) is -0.598. The predicted molar refractivity (Wildman–Crippen MR) is 54.7 cm³/mol. The van der Waals surface area contributed by atoms with E-state index < -0.39 is 0 Å². The Labute approximate surface area is 84.8 Å². The number of likely N-dealkylation sites (tertiary alicyclic amines) is 1. The fraction of sp³-hybridized carbons (Fsp3) is 0.900. The molecule has 2 fully saturated rings. The number of carbonyl (C=O) groups excluding carboxylic acids is 1. The highest BCUT2D eigenvalue weighted by Gasteiger charge is 2.30. The minimum Gasteiger partial charge on any atom is -0.356 e. The molecule has 0 aliphatic carbocycles. The van der Waals surface area contributed by atoms with Gasteiger partial charge in [-0.05, 0) is 11.8 Å². The molecular formula is C10H19N3O. The maximum absolute atomic E-state index is 11.0. The van der Waals surface area contributed by atoms with Gasteiger partial charge in [-0.3, -0.25) is 4.79 Å². The molecule has 2 aliphatic rings. The van der Waals surface area contributed by atoms with E-state index in [4.69, 9.17) is 5.73 Å². The summed E-state index contributed by atoms with van der Waals surface area (Å²) in [4.78, 5) is 13.4. The monoisotopic (exact) mass is 197 g/mol. The van der Waals surface area contributed by atoms with E-state index in [2.05, 4.69) is 17.1 Å². The summed E-state index contributed by atoms with van der Waals surface area (Å²) in [7, 11) is 0. The van der Waals surface area contributed by atoms with Gasteiger partial charge in [0.2, 0.25) is 5.91 Å². The third kappa shape index (κ3) is 2.07. The van der Waals surface area contributed by atoms with E-state index in [0.717, 1.165) is 26.2 Å². The van der Waals surface area contributed by atoms with Crippen molar-refractivity contribution in [3.8, 4) is 0 Å². The van der Waals surface area contributed by atoms with Crippen molar-refractivity contribution in [1.29, 1.82) is 0 Å². The van der Waals surface area contributed by atoms with Crippen LogP contribution in [-0.2, 0) is 4.79 Å². The molecule has 14 heavy (non-hydrogen) atoms. The lowest BCUT2D eigenvalue weighted by Gasteiger charge is -2.18. The summed E-state index contributed by atoms with van der Waals surface area (Å²) in [5.74, 6) is 1.30. The van der Waals surface area contributed by atoms with Crippen molar-refractivity contribution in [2.24, 2.45) is 17.6 Å². The molecule has 3 atom stereocenters. The maximum atomic E-state index is 11.0. The summed E-state index contributed by atoms with van der Waals surface area (Å²) in [6, 6.07) is 0.320. The first-order chi connectivity index (χ1) is 6.65. The van der Waals surface area contributed by atoms with Crippen LogP contribution >= 0.6 is 0 Å². The zero-order chi connectivity index (χ0) is 10.1. The summed E-state index contributed by atoms with van der Waals surface area (Å²) >= 11 is 0. The van der Waals surface area contributed by atoms with E-state index in [0.29, 0.717) is 24.3 Å². The lowest BCUT2D eigenvalue weighted by atomic mass is 10.1. The number of hydrogen-bond acceptors (Lipinski definition) is 3. The standard InChI is InChI=1S/C10H19N3O/c1-7-4-13(6-9(7)11)5-8-2-10(14)12-3-8/h7-9H,2-6,11H2,1H3,(H,12,14). The summed E-state index contributed by atoms with van der Waals surface area (Å²) in [6.45, 7) is 6.15. The van der Waals surface area contributed by atoms with Crippen molar-refractivity contribution in [3.63, 3.8) is 0 Å². The van der Waals surface area contributed by atoms with Crippen molar-refractivity contribution in [3.05, 3.63) is 0 Å². The van der Waals surface area contributed by atoms with E-state index in [-0.39, 0.29) is 5.91 Å². The van der Waals surface area contributed by atoms with Crippen molar-refractivity contribution < 1.29 is 4.79 Å². The fourth-order valence-electron chi connectivity index (χ4n) is 2.40. The third-order valence-corrected chi connectivity index (χ3v) is 3.32. The second kappa shape index (κ2) is 3.87. The van der Waals surface area contributed by atoms with Gasteiger partial charge in [0, 0.05) is 38.6 Å². The molecule has 0 spiro atoms. The molecule has 1 amide bonds. The number of nitrogens with one attached hydrogen (secondary N) is 1. The van der Waals surface area contributed by atoms with Gasteiger partial charge < -0.3 is 16.0 Å². The van der Waals surface area contributed by atoms with E-state index >= 15 is 0 Å². The van der Waals surface area contributed by atoms with Crippen molar-refractivity contribution in [2.75, 3.05) is 26.2 Å². The molecule has 0 aromatic heterocycles. The Morgan fingerprint density at radius 3 is 2.86 bits per heavy atom. The fourth-order valence-corrected chi connectivity index (χ4v) is 2.40. The Balaban J connectivity index is 1.79. The zero-order valence-corrected chi connectivity index (χ0v) is 8.70. The van der Waals surface area contributed by atoms with Crippen LogP contribution in [0.25, 0.3) is 0 Å². The number of hydrogen-bond donors (Lipinski definition) is 2. The molecule has 4 nitrogen and oxygen atoms in total. The average molecular weight is 197 g/mol. The molecule has 0 aromatic rings. The molecule has 0 bridgehead atoms. The molecular weight excluding hydrogens is 178 g/mol. The highest BCUT2D eigenvalue weighted by molar-refractivity contribution is 5.78. The van der Waals surface area contributed by atoms with Gasteiger partial charge in [-0.1, -0.05) is 6.92 Å². The molecule has 2 saturated heterocycles. The van der Waals surface area contributed by atoms with Gasteiger partial charge in [0.1, 0.15) is 0 Å². The van der Waals surface area contributed by atoms with Crippen LogP contribution in [0.3, 0.4) is 0 Å². The van der Waals surface area contributed by atoms with Gasteiger partial charge in [0.15, 0.2) is 0 Å². The van der Waals surface area contributed by atoms with Crippen LogP contribution in [0.1, 0.15) is 13.3 Å². The molecule has 0 saturated carbocycles. The van der Waals surface area contributed by atoms with Crippen LogP contribution in [0, 0.1) is 11.8 Å². The maximum Gasteiger partial charge on any atom is 0.220 e. The second-order valence-electron chi connectivity index (χ2n) is 4.73. The molecule has 3 unspecified atom stereocenters. The normalized spacial score (nSPS) is 39.0. The van der Waals surface area contributed by atoms with Gasteiger partial charge in [-0.15, -0.1) is 0 Å². The smallest absolute Gasteiger partial charge is 0.220 e. The lowest BCUT2D eigenvalue weighted by Crippen LogP contribution is -2.31. The summed E-state index contributed by atoms with van der Waals surface area (Å²) in [5.41, 5.74) is 5.95. The van der Waals surface area contributed by atoms with Gasteiger partial charge in [-0.25, -0.2) is 0 Å². The molecule has 4 heteroatoms. The Morgan fingerprint density at radius 2 is 2.36 bits per heavy atom. The topological polar surface area (TPSA) is 58.4 Å². The Bertz CT molecular complexity index is 221. The molecule has 80 valence electrons. The highest BCUT2D eigenvalue weighted by atomic mass is 16.1. The van der Waals surface area contributed by atoms with Crippen molar-refractivity contribution in [1.82, 2.24) is 10.2 Å². The zero-order valence-electron chi connectivity index (χ0n) is 8.70. The largest absolute Gasteiger partial charge is 0.356 e. The van der Waals surface area contributed by atoms with E-state index in [9.17, 15) is 4.79 Å². The summed E-state index contributed by atoms with van der Waals surface area (Å²) in [5, 5.41) is 2.87. The number of rotatable bonds is 2. The van der Waals surface area contributed by atoms with E-state index in [1.54, 1.807) is 0 Å². The number of nitrogens with zero attached hydrogens (tertiary/aromatic N) is 1. The molecule has 3 N–H and O–H groups in total. The van der Waals surface area contributed by atoms with Crippen LogP contribution in [0.15, 0.2) is 0 Å². The van der Waals surface area contributed by atoms with Crippen LogP contribution in [0.4, 0.5) is 0 Å². The Hall–Kier alpha value is -0.610. The Morgan fingerprint density at radius 1 is 1.57 bits per heavy atom. The lowest BCUT2D eigenvalue weighted by molar-refractivity contribution is -0.119. The molecule has 2 rings (SSSR count). The van der Waals surface area contributed by atoms with Gasteiger partial charge in [-0.2, -0.15) is 0 Å². The van der Waals surface area contributed by atoms with E-state index in [1.807, 2.05) is 0 Å². The number of nitrogens with two attached hydrogens (primary N) is 1. The van der Waals surface area contributed by atoms with Gasteiger partial charge >= 0.3 is 0 Å². The summed E-state index contributed by atoms with van der Waals surface area (Å²) < 4.78 is 0. The molecule has 2 heterocycles. The molecule has 2 aliphatic heterocycles. The third-order valence-electron chi connectivity index (χ3n) is 3.32. The van der Waals surface area contributed by atoms with Crippen LogP contribution < -0.4 is 11.1 Å². The molecule has 0 radical (unpaired) electrons. The number of amides is 1. The Kier molecular flexibility index (Phi) is 2.74. The first-order valence-corrected chi connectivity index (χ1v) is 5.40. The van der Waals surface area contributed by atoms with Crippen LogP contribution in [-0.4, -0.2) is 43.0 Å². The van der Waals surface area contributed by atoms with Crippen molar-refractivity contribution in [2.45, 2.75) is 19.4 Å². The first-order valence-electron chi connectivity index (χ1n) is 5.40. The summed E-state index contributed by atoms with van der Waals surface area (Å²) in [6.07, 6.45) is 0.695.